The van der Waals surface area contributed by atoms with E-state index in [0.29, 0.717) is 49.6 Å². The van der Waals surface area contributed by atoms with Gasteiger partial charge in [0, 0.05) is 37.2 Å². The first-order valence-corrected chi connectivity index (χ1v) is 15.6. The summed E-state index contributed by atoms with van der Waals surface area (Å²) in [5, 5.41) is 16.1. The summed E-state index contributed by atoms with van der Waals surface area (Å²) in [5.74, 6) is 0.972. The van der Waals surface area contributed by atoms with E-state index in [-0.39, 0.29) is 11.5 Å². The number of anilines is 1. The quantitative estimate of drug-likeness (QED) is 0.357. The van der Waals surface area contributed by atoms with E-state index in [0.717, 1.165) is 38.2 Å². The number of hydrogen-bond donors (Lipinski definition) is 1. The molecule has 0 unspecified atom stereocenters. The van der Waals surface area contributed by atoms with Gasteiger partial charge in [-0.05, 0) is 76.8 Å². The van der Waals surface area contributed by atoms with Gasteiger partial charge < -0.3 is 29.1 Å². The second-order valence-corrected chi connectivity index (χ2v) is 13.1. The molecular weight excluding hydrogens is 567 g/mol. The number of rotatable bonds is 10. The molecule has 2 amide bonds. The zero-order chi connectivity index (χ0) is 32.0. The molecular formula is C32H45FN6O5. The second kappa shape index (κ2) is 14.3. The summed E-state index contributed by atoms with van der Waals surface area (Å²) in [7, 11) is 0. The molecule has 1 aromatic heterocycles. The first-order valence-electron chi connectivity index (χ1n) is 15.6. The van der Waals surface area contributed by atoms with Crippen molar-refractivity contribution < 1.29 is 28.0 Å². The first kappa shape index (κ1) is 33.0. The van der Waals surface area contributed by atoms with Crippen LogP contribution in [0.25, 0.3) is 0 Å². The minimum atomic E-state index is -1.34. The Kier molecular flexibility index (Phi) is 10.7. The van der Waals surface area contributed by atoms with Crippen LogP contribution in [0.5, 0.6) is 5.75 Å². The third-order valence-corrected chi connectivity index (χ3v) is 8.28. The molecule has 2 fully saturated rings. The van der Waals surface area contributed by atoms with Crippen LogP contribution < -0.4 is 15.0 Å². The maximum absolute atomic E-state index is 15.5. The Morgan fingerprint density at radius 3 is 2.52 bits per heavy atom. The molecule has 1 N–H and O–H groups in total. The molecule has 0 saturated carbocycles. The fourth-order valence-electron chi connectivity index (χ4n) is 5.71. The van der Waals surface area contributed by atoms with Gasteiger partial charge in [0.25, 0.3) is 5.91 Å². The van der Waals surface area contributed by atoms with Crippen molar-refractivity contribution >= 4 is 18.0 Å². The van der Waals surface area contributed by atoms with Crippen molar-refractivity contribution in [3.8, 4) is 11.8 Å². The van der Waals surface area contributed by atoms with Crippen molar-refractivity contribution in [2.75, 3.05) is 31.1 Å². The Balaban J connectivity index is 1.33. The van der Waals surface area contributed by atoms with E-state index in [9.17, 15) is 14.9 Å². The number of nitrogens with zero attached hydrogens (tertiary/aromatic N) is 5. The highest BCUT2D eigenvalue weighted by Crippen LogP contribution is 2.31. The lowest BCUT2D eigenvalue weighted by Crippen LogP contribution is -2.46. The predicted molar refractivity (Wildman–Crippen MR) is 161 cm³/mol. The predicted octanol–water partition coefficient (Wildman–Crippen LogP) is 5.73. The number of halogens is 1. The monoisotopic (exact) mass is 612 g/mol. The molecule has 4 rings (SSSR count). The average Bonchev–Trinajstić information content (AvgIpc) is 3.65. The summed E-state index contributed by atoms with van der Waals surface area (Å²) < 4.78 is 32.2. The van der Waals surface area contributed by atoms with E-state index in [4.69, 9.17) is 14.0 Å². The second-order valence-electron chi connectivity index (χ2n) is 13.1. The van der Waals surface area contributed by atoms with Gasteiger partial charge in [0.1, 0.15) is 29.3 Å². The van der Waals surface area contributed by atoms with Crippen molar-refractivity contribution in [1.82, 2.24) is 20.4 Å². The van der Waals surface area contributed by atoms with Crippen molar-refractivity contribution in [3.05, 3.63) is 35.4 Å². The van der Waals surface area contributed by atoms with E-state index >= 15 is 4.39 Å². The van der Waals surface area contributed by atoms with Crippen molar-refractivity contribution in [3.63, 3.8) is 0 Å². The molecule has 2 aromatic rings. The fraction of sp³-hybridized carbons (Fsp3) is 0.656. The van der Waals surface area contributed by atoms with Crippen LogP contribution in [-0.2, 0) is 9.53 Å². The van der Waals surface area contributed by atoms with Crippen molar-refractivity contribution in [1.29, 1.82) is 5.26 Å². The first-order chi connectivity index (χ1) is 20.9. The molecule has 3 atom stereocenters. The zero-order valence-corrected chi connectivity index (χ0v) is 26.6. The van der Waals surface area contributed by atoms with Crippen LogP contribution in [0.3, 0.4) is 0 Å². The Morgan fingerprint density at radius 2 is 1.91 bits per heavy atom. The minimum Gasteiger partial charge on any atom is -0.493 e. The number of carbonyl (C=O) groups excluding carboxylic acids is 2. The summed E-state index contributed by atoms with van der Waals surface area (Å²) in [6.45, 7) is 13.9. The summed E-state index contributed by atoms with van der Waals surface area (Å²) in [6, 6.07) is 5.02. The van der Waals surface area contributed by atoms with Crippen molar-refractivity contribution in [2.24, 2.45) is 11.8 Å². The molecule has 11 nitrogen and oxygen atoms in total. The van der Waals surface area contributed by atoms with E-state index in [1.54, 1.807) is 26.8 Å². The van der Waals surface area contributed by atoms with Gasteiger partial charge in [-0.1, -0.05) is 25.9 Å². The Bertz CT molecular complexity index is 1330. The molecule has 0 aliphatic carbocycles. The van der Waals surface area contributed by atoms with Crippen LogP contribution in [0.4, 0.5) is 15.2 Å². The molecule has 2 aliphatic heterocycles. The van der Waals surface area contributed by atoms with Crippen molar-refractivity contribution in [2.45, 2.75) is 97.2 Å². The van der Waals surface area contributed by atoms with Gasteiger partial charge in [-0.25, -0.2) is 9.18 Å². The summed E-state index contributed by atoms with van der Waals surface area (Å²) in [5.41, 5.74) is -0.824. The highest BCUT2D eigenvalue weighted by molar-refractivity contribution is 5.87. The van der Waals surface area contributed by atoms with Gasteiger partial charge in [0.15, 0.2) is 5.82 Å². The van der Waals surface area contributed by atoms with Gasteiger partial charge >= 0.3 is 12.1 Å². The topological polar surface area (TPSA) is 134 Å². The Hall–Kier alpha value is -3.88. The number of ether oxygens (including phenoxy) is 2. The van der Waals surface area contributed by atoms with E-state index in [2.05, 4.69) is 33.4 Å². The molecule has 2 saturated heterocycles. The average molecular weight is 613 g/mol. The van der Waals surface area contributed by atoms with Gasteiger partial charge in [0.2, 0.25) is 0 Å². The smallest absolute Gasteiger partial charge is 0.408 e. The van der Waals surface area contributed by atoms with Crippen LogP contribution in [0.1, 0.15) is 97.0 Å². The standard InChI is InChI=1S/C32H45FN6O5/c1-20(2)28-36-30(44-37-28)38-15-11-22(12-16-38)21(3)13-17-42-24-9-10-25(26(33)18-24)27(35-31(41)43-32(4,5)6)29(40)39-14-7-8-23(39)19-34/h9-10,18,20-23,27H,7-8,11-17H2,1-6H3,(H,35,41)/t21-,23+,27+/m1/s1. The lowest BCUT2D eigenvalue weighted by molar-refractivity contribution is -0.133. The number of alkyl carbamates (subject to hydrolysis) is 1. The van der Waals surface area contributed by atoms with E-state index < -0.39 is 35.5 Å². The van der Waals surface area contributed by atoms with Crippen LogP contribution in [0.2, 0.25) is 0 Å². The molecule has 0 radical (unpaired) electrons. The SMILES string of the molecule is CC(C)c1noc(N2CCC([C@H](C)CCOc3ccc([C@H](NC(=O)OC(C)(C)C)C(=O)N4CCC[C@H]4C#N)c(F)c3)CC2)n1. The molecule has 2 aliphatic rings. The fourth-order valence-corrected chi connectivity index (χ4v) is 5.71. The maximum atomic E-state index is 15.5. The molecule has 12 heteroatoms. The number of likely N-dealkylation sites (tertiary alicyclic amines) is 1. The number of piperidine rings is 1. The number of amides is 2. The molecule has 0 spiro atoms. The number of hydrogen-bond acceptors (Lipinski definition) is 9. The van der Waals surface area contributed by atoms with Gasteiger partial charge in [-0.15, -0.1) is 0 Å². The summed E-state index contributed by atoms with van der Waals surface area (Å²) in [6.07, 6.45) is 3.17. The number of aromatic nitrogens is 2. The zero-order valence-electron chi connectivity index (χ0n) is 26.6. The van der Waals surface area contributed by atoms with Gasteiger partial charge in [-0.3, -0.25) is 4.79 Å². The third-order valence-electron chi connectivity index (χ3n) is 8.28. The molecule has 44 heavy (non-hydrogen) atoms. The molecule has 0 bridgehead atoms. The third kappa shape index (κ3) is 8.39. The number of nitrogens with one attached hydrogen (secondary N) is 1. The van der Waals surface area contributed by atoms with Crippen LogP contribution in [0, 0.1) is 29.0 Å². The molecule has 3 heterocycles. The number of benzene rings is 1. The van der Waals surface area contributed by atoms with Crippen LogP contribution in [0.15, 0.2) is 22.7 Å². The van der Waals surface area contributed by atoms with E-state index in [1.807, 2.05) is 13.8 Å². The molecule has 1 aromatic carbocycles. The van der Waals surface area contributed by atoms with Crippen LogP contribution >= 0.6 is 0 Å². The largest absolute Gasteiger partial charge is 0.493 e. The van der Waals surface area contributed by atoms with Crippen LogP contribution in [-0.4, -0.2) is 64.9 Å². The number of nitriles is 1. The number of carbonyl (C=O) groups is 2. The minimum absolute atomic E-state index is 0.0151. The van der Waals surface area contributed by atoms with Gasteiger partial charge in [-0.2, -0.15) is 10.2 Å². The van der Waals surface area contributed by atoms with Gasteiger partial charge in [0.05, 0.1) is 12.7 Å². The lowest BCUT2D eigenvalue weighted by atomic mass is 9.84. The highest BCUT2D eigenvalue weighted by atomic mass is 19.1. The Labute approximate surface area is 259 Å². The maximum Gasteiger partial charge on any atom is 0.408 e. The molecule has 240 valence electrons. The normalized spacial score (nSPS) is 19.0. The summed E-state index contributed by atoms with van der Waals surface area (Å²) >= 11 is 0. The summed E-state index contributed by atoms with van der Waals surface area (Å²) in [4.78, 5) is 34.1. The van der Waals surface area contributed by atoms with E-state index in [1.165, 1.54) is 17.0 Å². The lowest BCUT2D eigenvalue weighted by Gasteiger charge is -2.33. The Morgan fingerprint density at radius 1 is 1.18 bits per heavy atom. The highest BCUT2D eigenvalue weighted by Gasteiger charge is 2.37.